The summed E-state index contributed by atoms with van der Waals surface area (Å²) in [7, 11) is 0. The summed E-state index contributed by atoms with van der Waals surface area (Å²) in [6, 6.07) is 18.0. The lowest BCUT2D eigenvalue weighted by atomic mass is 9.83. The van der Waals surface area contributed by atoms with Crippen LogP contribution in [-0.4, -0.2) is 29.3 Å². The molecule has 0 saturated carbocycles. The minimum absolute atomic E-state index is 0.0822. The molecule has 0 fully saturated rings. The Kier molecular flexibility index (Phi) is 5.60. The van der Waals surface area contributed by atoms with E-state index in [1.54, 1.807) is 24.3 Å². The number of rotatable bonds is 7. The smallest absolute Gasteiger partial charge is 0.375 e. The molecule has 0 unspecified atom stereocenters. The van der Waals surface area contributed by atoms with Gasteiger partial charge in [0, 0.05) is 6.42 Å². The van der Waals surface area contributed by atoms with E-state index in [0.29, 0.717) is 12.0 Å². The summed E-state index contributed by atoms with van der Waals surface area (Å²) in [5.41, 5.74) is -0.221. The lowest BCUT2D eigenvalue weighted by Crippen LogP contribution is -2.44. The average Bonchev–Trinajstić information content (AvgIpc) is 2.94. The maximum atomic E-state index is 13.1. The van der Waals surface area contributed by atoms with E-state index in [2.05, 4.69) is 0 Å². The van der Waals surface area contributed by atoms with Gasteiger partial charge in [0.1, 0.15) is 0 Å². The van der Waals surface area contributed by atoms with Crippen molar-refractivity contribution in [3.8, 4) is 0 Å². The highest BCUT2D eigenvalue weighted by molar-refractivity contribution is 6.11. The van der Waals surface area contributed by atoms with E-state index in [-0.39, 0.29) is 18.6 Å². The van der Waals surface area contributed by atoms with Gasteiger partial charge in [-0.05, 0) is 17.5 Å². The molecule has 0 aliphatic carbocycles. The summed E-state index contributed by atoms with van der Waals surface area (Å²) < 4.78 is 10.9. The van der Waals surface area contributed by atoms with Crippen LogP contribution in [0.1, 0.15) is 30.9 Å². The molecule has 0 aromatic heterocycles. The molecule has 5 nitrogen and oxygen atoms in total. The summed E-state index contributed by atoms with van der Waals surface area (Å²) in [5, 5.41) is 10.4. The predicted octanol–water partition coefficient (Wildman–Crippen LogP) is 3.84. The first kappa shape index (κ1) is 18.7. The fourth-order valence-corrected chi connectivity index (χ4v) is 3.18. The van der Waals surface area contributed by atoms with Gasteiger partial charge in [0.25, 0.3) is 0 Å². The van der Waals surface area contributed by atoms with Gasteiger partial charge < -0.3 is 14.6 Å². The molecular weight excluding hydrogens is 344 g/mol. The van der Waals surface area contributed by atoms with Gasteiger partial charge in [-0.1, -0.05) is 74.0 Å². The third kappa shape index (κ3) is 3.72. The van der Waals surface area contributed by atoms with Gasteiger partial charge in [0.15, 0.2) is 0 Å². The lowest BCUT2D eigenvalue weighted by molar-refractivity contribution is -0.171. The third-order valence-electron chi connectivity index (χ3n) is 4.52. The first-order valence-corrected chi connectivity index (χ1v) is 9.02. The van der Waals surface area contributed by atoms with Crippen molar-refractivity contribution in [2.24, 2.45) is 0 Å². The van der Waals surface area contributed by atoms with Crippen molar-refractivity contribution in [1.82, 2.24) is 0 Å². The Hall–Kier alpha value is -3.08. The molecule has 2 aromatic carbocycles. The summed E-state index contributed by atoms with van der Waals surface area (Å²) in [6.07, 6.45) is 1.65. The second-order valence-electron chi connectivity index (χ2n) is 6.46. The third-order valence-corrected chi connectivity index (χ3v) is 4.52. The number of hydrogen-bond acceptors (Lipinski definition) is 5. The Bertz CT molecular complexity index is 842. The molecule has 0 bridgehead atoms. The van der Waals surface area contributed by atoms with E-state index >= 15 is 0 Å². The minimum atomic E-state index is -1.71. The summed E-state index contributed by atoms with van der Waals surface area (Å²) in [4.78, 5) is 25.3. The quantitative estimate of drug-likeness (QED) is 0.595. The van der Waals surface area contributed by atoms with Crippen LogP contribution in [0.2, 0.25) is 0 Å². The second-order valence-corrected chi connectivity index (χ2v) is 6.46. The molecule has 0 spiro atoms. The number of cyclic esters (lactones) is 1. The summed E-state index contributed by atoms with van der Waals surface area (Å²) >= 11 is 0. The molecule has 0 radical (unpaired) electrons. The lowest BCUT2D eigenvalue weighted by Gasteiger charge is -2.28. The van der Waals surface area contributed by atoms with E-state index in [0.717, 1.165) is 12.0 Å². The zero-order valence-corrected chi connectivity index (χ0v) is 15.2. The standard InChI is InChI=1S/C22H22O5/c1-2-3-14-26-21(25)22(15-16-10-6-4-7-11-16)18(19(23)20(24)27-22)17-12-8-5-9-13-17/h4-13,23H,2-3,14-15H2,1H3/t22-/m1/s1. The average molecular weight is 366 g/mol. The largest absolute Gasteiger partial charge is 0.502 e. The molecule has 5 heteroatoms. The second kappa shape index (κ2) is 8.08. The van der Waals surface area contributed by atoms with Gasteiger partial charge in [-0.15, -0.1) is 0 Å². The maximum absolute atomic E-state index is 13.1. The maximum Gasteiger partial charge on any atom is 0.375 e. The Balaban J connectivity index is 2.08. The fraction of sp³-hybridized carbons (Fsp3) is 0.273. The van der Waals surface area contributed by atoms with E-state index in [9.17, 15) is 14.7 Å². The predicted molar refractivity (Wildman–Crippen MR) is 101 cm³/mol. The van der Waals surface area contributed by atoms with Crippen molar-refractivity contribution in [1.29, 1.82) is 0 Å². The van der Waals surface area contributed by atoms with Gasteiger partial charge in [0.2, 0.25) is 11.4 Å². The number of aliphatic hydroxyl groups is 1. The Morgan fingerprint density at radius 2 is 1.70 bits per heavy atom. The Morgan fingerprint density at radius 3 is 2.33 bits per heavy atom. The zero-order valence-electron chi connectivity index (χ0n) is 15.2. The van der Waals surface area contributed by atoms with E-state index < -0.39 is 23.3 Å². The van der Waals surface area contributed by atoms with E-state index in [4.69, 9.17) is 9.47 Å². The van der Waals surface area contributed by atoms with Crippen LogP contribution in [0.4, 0.5) is 0 Å². The molecular formula is C22H22O5. The highest BCUT2D eigenvalue weighted by Gasteiger charge is 2.55. The molecule has 2 aromatic rings. The molecule has 1 aliphatic rings. The molecule has 1 heterocycles. The number of carbonyl (C=O) groups is 2. The van der Waals surface area contributed by atoms with Crippen molar-refractivity contribution in [2.45, 2.75) is 31.8 Å². The minimum Gasteiger partial charge on any atom is -0.502 e. The topological polar surface area (TPSA) is 72.8 Å². The highest BCUT2D eigenvalue weighted by atomic mass is 16.6. The number of carbonyl (C=O) groups excluding carboxylic acids is 2. The normalized spacial score (nSPS) is 19.1. The molecule has 0 amide bonds. The van der Waals surface area contributed by atoms with Gasteiger partial charge in [-0.2, -0.15) is 0 Å². The van der Waals surface area contributed by atoms with Crippen LogP contribution in [0.5, 0.6) is 0 Å². The van der Waals surface area contributed by atoms with Crippen LogP contribution in [-0.2, 0) is 25.5 Å². The number of benzene rings is 2. The molecule has 1 aliphatic heterocycles. The number of esters is 2. The Labute approximate surface area is 158 Å². The van der Waals surface area contributed by atoms with Crippen LogP contribution in [0, 0.1) is 0 Å². The first-order valence-electron chi connectivity index (χ1n) is 9.02. The number of ether oxygens (including phenoxy) is 2. The van der Waals surface area contributed by atoms with Crippen molar-refractivity contribution in [2.75, 3.05) is 6.61 Å². The van der Waals surface area contributed by atoms with Gasteiger partial charge in [0.05, 0.1) is 12.2 Å². The molecule has 3 rings (SSSR count). The molecule has 1 atom stereocenters. The van der Waals surface area contributed by atoms with Crippen molar-refractivity contribution < 1.29 is 24.2 Å². The number of unbranched alkanes of at least 4 members (excludes halogenated alkanes) is 1. The summed E-state index contributed by atoms with van der Waals surface area (Å²) in [5.74, 6) is -2.14. The Morgan fingerprint density at radius 1 is 1.07 bits per heavy atom. The SMILES string of the molecule is CCCCOC(=O)[C@]1(Cc2ccccc2)OC(=O)C(O)=C1c1ccccc1. The first-order chi connectivity index (χ1) is 13.1. The molecule has 27 heavy (non-hydrogen) atoms. The van der Waals surface area contributed by atoms with Gasteiger partial charge >= 0.3 is 11.9 Å². The van der Waals surface area contributed by atoms with Crippen LogP contribution >= 0.6 is 0 Å². The molecule has 0 saturated heterocycles. The van der Waals surface area contributed by atoms with Crippen LogP contribution in [0.3, 0.4) is 0 Å². The van der Waals surface area contributed by atoms with Crippen LogP contribution in [0.25, 0.3) is 5.57 Å². The number of aliphatic hydroxyl groups excluding tert-OH is 1. The zero-order chi connectivity index (χ0) is 19.3. The van der Waals surface area contributed by atoms with E-state index in [1.165, 1.54) is 0 Å². The summed E-state index contributed by atoms with van der Waals surface area (Å²) in [6.45, 7) is 2.22. The molecule has 140 valence electrons. The number of hydrogen-bond donors (Lipinski definition) is 1. The molecule has 1 N–H and O–H groups in total. The van der Waals surface area contributed by atoms with Crippen LogP contribution in [0.15, 0.2) is 66.4 Å². The van der Waals surface area contributed by atoms with Crippen molar-refractivity contribution in [3.05, 3.63) is 77.5 Å². The van der Waals surface area contributed by atoms with Gasteiger partial charge in [-0.25, -0.2) is 9.59 Å². The van der Waals surface area contributed by atoms with Crippen molar-refractivity contribution in [3.63, 3.8) is 0 Å². The van der Waals surface area contributed by atoms with E-state index in [1.807, 2.05) is 43.3 Å². The highest BCUT2D eigenvalue weighted by Crippen LogP contribution is 2.42. The fourth-order valence-electron chi connectivity index (χ4n) is 3.18. The van der Waals surface area contributed by atoms with Crippen molar-refractivity contribution >= 4 is 17.5 Å². The monoisotopic (exact) mass is 366 g/mol. The van der Waals surface area contributed by atoms with Gasteiger partial charge in [-0.3, -0.25) is 0 Å². The van der Waals surface area contributed by atoms with Crippen LogP contribution < -0.4 is 0 Å².